The second-order valence-corrected chi connectivity index (χ2v) is 9.45. The van der Waals surface area contributed by atoms with E-state index in [4.69, 9.17) is 4.74 Å². The van der Waals surface area contributed by atoms with Gasteiger partial charge in [-0.25, -0.2) is 0 Å². The minimum atomic E-state index is -0.620. The third-order valence-electron chi connectivity index (χ3n) is 5.75. The van der Waals surface area contributed by atoms with Gasteiger partial charge in [0.05, 0.1) is 13.2 Å². The largest absolute Gasteiger partial charge is 0.379 e. The van der Waals surface area contributed by atoms with Crippen molar-refractivity contribution in [3.05, 3.63) is 70.8 Å². The third kappa shape index (κ3) is 6.90. The van der Waals surface area contributed by atoms with Crippen LogP contribution < -0.4 is 10.6 Å². The molecule has 0 spiro atoms. The molecule has 2 aromatic rings. The fraction of sp³-hybridized carbons (Fsp3) is 0.462. The highest BCUT2D eigenvalue weighted by Gasteiger charge is 2.18. The van der Waals surface area contributed by atoms with Gasteiger partial charge < -0.3 is 15.4 Å². The molecule has 1 atom stereocenters. The quantitative estimate of drug-likeness (QED) is 0.698. The monoisotopic (exact) mass is 437 g/mol. The zero-order valence-electron chi connectivity index (χ0n) is 19.6. The van der Waals surface area contributed by atoms with E-state index >= 15 is 0 Å². The van der Waals surface area contributed by atoms with Crippen molar-refractivity contribution in [1.82, 2.24) is 15.5 Å². The van der Waals surface area contributed by atoms with Crippen molar-refractivity contribution in [2.45, 2.75) is 52.2 Å². The predicted octanol–water partition coefficient (Wildman–Crippen LogP) is 3.25. The van der Waals surface area contributed by atoms with Crippen LogP contribution in [-0.2, 0) is 28.0 Å². The van der Waals surface area contributed by atoms with Crippen molar-refractivity contribution < 1.29 is 14.3 Å². The van der Waals surface area contributed by atoms with E-state index in [1.165, 1.54) is 5.56 Å². The molecule has 0 saturated carbocycles. The molecular formula is C26H35N3O3. The fourth-order valence-corrected chi connectivity index (χ4v) is 3.59. The second kappa shape index (κ2) is 10.7. The summed E-state index contributed by atoms with van der Waals surface area (Å²) in [6, 6.07) is 15.2. The van der Waals surface area contributed by atoms with E-state index in [-0.39, 0.29) is 17.2 Å². The molecule has 1 aliphatic rings. The molecule has 0 aromatic heterocycles. The van der Waals surface area contributed by atoms with Gasteiger partial charge in [0.25, 0.3) is 5.91 Å². The molecule has 1 heterocycles. The van der Waals surface area contributed by atoms with Crippen molar-refractivity contribution in [2.75, 3.05) is 26.3 Å². The number of hydrogen-bond acceptors (Lipinski definition) is 4. The van der Waals surface area contributed by atoms with Crippen LogP contribution in [-0.4, -0.2) is 49.1 Å². The highest BCUT2D eigenvalue weighted by Crippen LogP contribution is 2.22. The van der Waals surface area contributed by atoms with Gasteiger partial charge in [0.1, 0.15) is 6.04 Å². The van der Waals surface area contributed by atoms with E-state index in [1.54, 1.807) is 19.1 Å². The molecule has 32 heavy (non-hydrogen) atoms. The lowest BCUT2D eigenvalue weighted by molar-refractivity contribution is -0.122. The Bertz CT molecular complexity index is 895. The summed E-state index contributed by atoms with van der Waals surface area (Å²) in [7, 11) is 0. The van der Waals surface area contributed by atoms with Crippen molar-refractivity contribution in [3.8, 4) is 0 Å². The topological polar surface area (TPSA) is 70.7 Å². The predicted molar refractivity (Wildman–Crippen MR) is 126 cm³/mol. The van der Waals surface area contributed by atoms with E-state index in [0.717, 1.165) is 44.0 Å². The van der Waals surface area contributed by atoms with Gasteiger partial charge in [-0.3, -0.25) is 14.5 Å². The molecule has 6 nitrogen and oxygen atoms in total. The van der Waals surface area contributed by atoms with E-state index in [9.17, 15) is 9.59 Å². The Balaban J connectivity index is 1.45. The van der Waals surface area contributed by atoms with Gasteiger partial charge in [0.15, 0.2) is 0 Å². The Morgan fingerprint density at radius 3 is 2.16 bits per heavy atom. The molecule has 1 fully saturated rings. The Labute approximate surface area is 191 Å². The number of amides is 2. The Morgan fingerprint density at radius 1 is 0.969 bits per heavy atom. The maximum atomic E-state index is 12.5. The van der Waals surface area contributed by atoms with E-state index in [1.807, 2.05) is 24.3 Å². The Hall–Kier alpha value is -2.70. The zero-order chi connectivity index (χ0) is 23.1. The van der Waals surface area contributed by atoms with Gasteiger partial charge in [-0.2, -0.15) is 0 Å². The first-order valence-electron chi connectivity index (χ1n) is 11.3. The lowest BCUT2D eigenvalue weighted by atomic mass is 9.86. The van der Waals surface area contributed by atoms with Gasteiger partial charge in [0, 0.05) is 31.7 Å². The smallest absolute Gasteiger partial charge is 0.251 e. The summed E-state index contributed by atoms with van der Waals surface area (Å²) in [5, 5.41) is 5.68. The molecule has 0 bridgehead atoms. The van der Waals surface area contributed by atoms with Gasteiger partial charge in [-0.05, 0) is 41.2 Å². The van der Waals surface area contributed by atoms with Crippen LogP contribution >= 0.6 is 0 Å². The molecule has 0 aliphatic carbocycles. The Kier molecular flexibility index (Phi) is 8.04. The van der Waals surface area contributed by atoms with Gasteiger partial charge in [-0.15, -0.1) is 0 Å². The molecule has 172 valence electrons. The number of carbonyl (C=O) groups is 2. The summed E-state index contributed by atoms with van der Waals surface area (Å²) in [6.07, 6.45) is 0. The SMILES string of the molecule is C[C@H](NC(=O)c1ccc(C(C)(C)C)cc1)C(=O)NCc1ccc(CN2CCOCC2)cc1. The molecule has 0 unspecified atom stereocenters. The van der Waals surface area contributed by atoms with Crippen molar-refractivity contribution in [1.29, 1.82) is 0 Å². The summed E-state index contributed by atoms with van der Waals surface area (Å²) in [4.78, 5) is 27.3. The fourth-order valence-electron chi connectivity index (χ4n) is 3.59. The van der Waals surface area contributed by atoms with E-state index < -0.39 is 6.04 Å². The number of benzene rings is 2. The molecule has 6 heteroatoms. The molecule has 1 saturated heterocycles. The van der Waals surface area contributed by atoms with Crippen LogP contribution in [0, 0.1) is 0 Å². The van der Waals surface area contributed by atoms with Crippen molar-refractivity contribution in [2.24, 2.45) is 0 Å². The number of carbonyl (C=O) groups excluding carboxylic acids is 2. The zero-order valence-corrected chi connectivity index (χ0v) is 19.6. The summed E-state index contributed by atoms with van der Waals surface area (Å²) < 4.78 is 5.39. The van der Waals surface area contributed by atoms with Crippen LogP contribution in [0.2, 0.25) is 0 Å². The van der Waals surface area contributed by atoms with Gasteiger partial charge in [-0.1, -0.05) is 57.2 Å². The second-order valence-electron chi connectivity index (χ2n) is 9.45. The summed E-state index contributed by atoms with van der Waals surface area (Å²) >= 11 is 0. The summed E-state index contributed by atoms with van der Waals surface area (Å²) in [5.74, 6) is -0.456. The van der Waals surface area contributed by atoms with Crippen molar-refractivity contribution >= 4 is 11.8 Å². The minimum absolute atomic E-state index is 0.0306. The first-order valence-corrected chi connectivity index (χ1v) is 11.3. The first-order chi connectivity index (χ1) is 15.2. The molecule has 1 aliphatic heterocycles. The van der Waals surface area contributed by atoms with Crippen molar-refractivity contribution in [3.63, 3.8) is 0 Å². The van der Waals surface area contributed by atoms with Gasteiger partial charge in [0.2, 0.25) is 5.91 Å². The van der Waals surface area contributed by atoms with E-state index in [0.29, 0.717) is 12.1 Å². The Morgan fingerprint density at radius 2 is 1.56 bits per heavy atom. The lowest BCUT2D eigenvalue weighted by Gasteiger charge is -2.26. The number of morpholine rings is 1. The highest BCUT2D eigenvalue weighted by molar-refractivity contribution is 5.97. The number of ether oxygens (including phenoxy) is 1. The first kappa shape index (κ1) is 24.0. The minimum Gasteiger partial charge on any atom is -0.379 e. The molecular weight excluding hydrogens is 402 g/mol. The third-order valence-corrected chi connectivity index (χ3v) is 5.75. The number of hydrogen-bond donors (Lipinski definition) is 2. The standard InChI is InChI=1S/C26H35N3O3/c1-19(28-25(31)22-9-11-23(12-10-22)26(2,3)4)24(30)27-17-20-5-7-21(8-6-20)18-29-13-15-32-16-14-29/h5-12,19H,13-18H2,1-4H3,(H,27,30)(H,28,31)/t19-/m0/s1. The van der Waals surface area contributed by atoms with Crippen LogP contribution in [0.15, 0.2) is 48.5 Å². The molecule has 3 rings (SSSR count). The molecule has 0 radical (unpaired) electrons. The highest BCUT2D eigenvalue weighted by atomic mass is 16.5. The normalized spacial score (nSPS) is 15.8. The molecule has 2 aromatic carbocycles. The number of nitrogens with zero attached hydrogens (tertiary/aromatic N) is 1. The maximum Gasteiger partial charge on any atom is 0.251 e. The average Bonchev–Trinajstić information content (AvgIpc) is 2.78. The van der Waals surface area contributed by atoms with E-state index in [2.05, 4.69) is 48.4 Å². The van der Waals surface area contributed by atoms with Crippen LogP contribution in [0.1, 0.15) is 54.7 Å². The van der Waals surface area contributed by atoms with Crippen LogP contribution in [0.25, 0.3) is 0 Å². The average molecular weight is 438 g/mol. The number of nitrogens with one attached hydrogen (secondary N) is 2. The lowest BCUT2D eigenvalue weighted by Crippen LogP contribution is -2.44. The number of rotatable bonds is 7. The van der Waals surface area contributed by atoms with Crippen LogP contribution in [0.3, 0.4) is 0 Å². The summed E-state index contributed by atoms with van der Waals surface area (Å²) in [6.45, 7) is 12.9. The molecule has 2 amide bonds. The van der Waals surface area contributed by atoms with Crippen LogP contribution in [0.5, 0.6) is 0 Å². The summed E-state index contributed by atoms with van der Waals surface area (Å²) in [5.41, 5.74) is 4.02. The van der Waals surface area contributed by atoms with Gasteiger partial charge >= 0.3 is 0 Å². The maximum absolute atomic E-state index is 12.5. The molecule has 2 N–H and O–H groups in total. The van der Waals surface area contributed by atoms with Crippen LogP contribution in [0.4, 0.5) is 0 Å².